The lowest BCUT2D eigenvalue weighted by atomic mass is 10.1. The molecule has 4 heteroatoms. The fourth-order valence-corrected chi connectivity index (χ4v) is 1.92. The smallest absolute Gasteiger partial charge is 0.138 e. The summed E-state index contributed by atoms with van der Waals surface area (Å²) < 4.78 is 5.78. The molecule has 4 N–H and O–H groups in total. The molecule has 0 spiro atoms. The lowest BCUT2D eigenvalue weighted by Crippen LogP contribution is -2.12. The van der Waals surface area contributed by atoms with Crippen molar-refractivity contribution in [3.05, 3.63) is 59.2 Å². The highest BCUT2D eigenvalue weighted by Gasteiger charge is 2.08. The number of nitrogens with two attached hydrogens (primary N) is 1. The molecule has 2 rings (SSSR count). The minimum atomic E-state index is -0.0133. The van der Waals surface area contributed by atoms with Gasteiger partial charge in [-0.15, -0.1) is 0 Å². The molecule has 2 aromatic carbocycles. The van der Waals surface area contributed by atoms with Crippen LogP contribution in [0.3, 0.4) is 0 Å². The third-order valence-corrected chi connectivity index (χ3v) is 2.98. The zero-order valence-electron chi connectivity index (χ0n) is 11.4. The number of nitrogens with one attached hydrogen (secondary N) is 1. The fourth-order valence-electron chi connectivity index (χ4n) is 1.92. The van der Waals surface area contributed by atoms with Gasteiger partial charge in [0.05, 0.1) is 5.56 Å². The summed E-state index contributed by atoms with van der Waals surface area (Å²) in [6.45, 7) is 2.08. The molecule has 0 unspecified atom stereocenters. The Hall–Kier alpha value is -2.33. The Kier molecular flexibility index (Phi) is 4.38. The molecule has 0 aliphatic rings. The van der Waals surface area contributed by atoms with E-state index in [-0.39, 0.29) is 12.4 Å². The summed E-state index contributed by atoms with van der Waals surface area (Å²) in [5, 5.41) is 16.5. The molecule has 0 saturated heterocycles. The van der Waals surface area contributed by atoms with Crippen molar-refractivity contribution in [3.63, 3.8) is 0 Å². The van der Waals surface area contributed by atoms with E-state index >= 15 is 0 Å². The second-order valence-corrected chi connectivity index (χ2v) is 4.63. The molecular formula is C16H18N2O2. The van der Waals surface area contributed by atoms with Gasteiger partial charge in [-0.1, -0.05) is 23.8 Å². The molecule has 0 radical (unpaired) electrons. The van der Waals surface area contributed by atoms with Gasteiger partial charge in [0.2, 0.25) is 0 Å². The molecule has 0 aromatic heterocycles. The van der Waals surface area contributed by atoms with Gasteiger partial charge in [-0.3, -0.25) is 5.41 Å². The van der Waals surface area contributed by atoms with Crippen molar-refractivity contribution >= 4 is 5.84 Å². The van der Waals surface area contributed by atoms with Crippen LogP contribution in [0, 0.1) is 12.3 Å². The van der Waals surface area contributed by atoms with E-state index in [2.05, 4.69) is 0 Å². The number of benzene rings is 2. The second kappa shape index (κ2) is 6.21. The van der Waals surface area contributed by atoms with Crippen molar-refractivity contribution < 1.29 is 9.84 Å². The highest BCUT2D eigenvalue weighted by Crippen LogP contribution is 2.26. The number of hydrogen-bond acceptors (Lipinski definition) is 3. The summed E-state index contributed by atoms with van der Waals surface area (Å²) in [5.41, 5.74) is 8.24. The predicted octanol–water partition coefficient (Wildman–Crippen LogP) is 2.61. The summed E-state index contributed by atoms with van der Waals surface area (Å²) in [4.78, 5) is 0. The topological polar surface area (TPSA) is 79.3 Å². The van der Waals surface area contributed by atoms with Crippen molar-refractivity contribution in [2.75, 3.05) is 6.61 Å². The first-order valence-electron chi connectivity index (χ1n) is 6.43. The van der Waals surface area contributed by atoms with E-state index in [1.165, 1.54) is 0 Å². The number of aliphatic hydroxyl groups excluding tert-OH is 1. The second-order valence-electron chi connectivity index (χ2n) is 4.63. The molecule has 0 saturated carbocycles. The Morgan fingerprint density at radius 1 is 1.20 bits per heavy atom. The van der Waals surface area contributed by atoms with Crippen LogP contribution in [-0.4, -0.2) is 17.5 Å². The maximum atomic E-state index is 8.88. The molecule has 0 amide bonds. The molecule has 0 bridgehead atoms. The third kappa shape index (κ3) is 3.36. The molecule has 104 valence electrons. The van der Waals surface area contributed by atoms with Gasteiger partial charge in [0.1, 0.15) is 17.3 Å². The molecule has 0 fully saturated rings. The highest BCUT2D eigenvalue weighted by atomic mass is 16.5. The van der Waals surface area contributed by atoms with Crippen LogP contribution in [-0.2, 0) is 6.42 Å². The first kappa shape index (κ1) is 14.1. The molecular weight excluding hydrogens is 252 g/mol. The average molecular weight is 270 g/mol. The number of amidine groups is 1. The van der Waals surface area contributed by atoms with Crippen molar-refractivity contribution in [3.8, 4) is 11.5 Å². The van der Waals surface area contributed by atoms with Crippen LogP contribution in [0.15, 0.2) is 42.5 Å². The summed E-state index contributed by atoms with van der Waals surface area (Å²) in [5.74, 6) is 1.23. The molecule has 0 heterocycles. The summed E-state index contributed by atoms with van der Waals surface area (Å²) in [6, 6.07) is 13.1. The number of aryl methyl sites for hydroxylation is 1. The molecule has 0 aliphatic heterocycles. The SMILES string of the molecule is Cc1ccc(Oc2ccc(CCO)cc2)c(C(=N)N)c1. The van der Waals surface area contributed by atoms with Gasteiger partial charge in [0.25, 0.3) is 0 Å². The van der Waals surface area contributed by atoms with Crippen LogP contribution < -0.4 is 10.5 Å². The van der Waals surface area contributed by atoms with E-state index in [0.717, 1.165) is 11.1 Å². The van der Waals surface area contributed by atoms with E-state index in [9.17, 15) is 0 Å². The number of aliphatic hydroxyl groups is 1. The van der Waals surface area contributed by atoms with Crippen LogP contribution >= 0.6 is 0 Å². The van der Waals surface area contributed by atoms with E-state index in [1.807, 2.05) is 49.4 Å². The number of rotatable bonds is 5. The van der Waals surface area contributed by atoms with Crippen molar-refractivity contribution in [2.45, 2.75) is 13.3 Å². The van der Waals surface area contributed by atoms with Gasteiger partial charge in [-0.25, -0.2) is 0 Å². The predicted molar refractivity (Wildman–Crippen MR) is 79.5 cm³/mol. The Bertz CT molecular complexity index is 606. The van der Waals surface area contributed by atoms with E-state index in [0.29, 0.717) is 23.5 Å². The van der Waals surface area contributed by atoms with Crippen LogP contribution in [0.5, 0.6) is 11.5 Å². The van der Waals surface area contributed by atoms with E-state index in [4.69, 9.17) is 21.0 Å². The van der Waals surface area contributed by atoms with Crippen molar-refractivity contribution in [1.82, 2.24) is 0 Å². The molecule has 0 atom stereocenters. The molecule has 0 aliphatic carbocycles. The summed E-state index contributed by atoms with van der Waals surface area (Å²) in [7, 11) is 0. The van der Waals surface area contributed by atoms with Gasteiger partial charge in [-0.05, 0) is 43.2 Å². The normalized spacial score (nSPS) is 10.3. The summed E-state index contributed by atoms with van der Waals surface area (Å²) in [6.07, 6.45) is 0.628. The number of nitrogen functional groups attached to an aromatic ring is 1. The largest absolute Gasteiger partial charge is 0.457 e. The maximum absolute atomic E-state index is 8.88. The van der Waals surface area contributed by atoms with Crippen LogP contribution in [0.2, 0.25) is 0 Å². The lowest BCUT2D eigenvalue weighted by Gasteiger charge is -2.11. The van der Waals surface area contributed by atoms with E-state index in [1.54, 1.807) is 0 Å². The van der Waals surface area contributed by atoms with Gasteiger partial charge >= 0.3 is 0 Å². The fraction of sp³-hybridized carbons (Fsp3) is 0.188. The quantitative estimate of drug-likeness (QED) is 0.577. The Morgan fingerprint density at radius 2 is 1.90 bits per heavy atom. The van der Waals surface area contributed by atoms with Gasteiger partial charge in [0.15, 0.2) is 0 Å². The minimum Gasteiger partial charge on any atom is -0.457 e. The van der Waals surface area contributed by atoms with Crippen LogP contribution in [0.4, 0.5) is 0 Å². The monoisotopic (exact) mass is 270 g/mol. The third-order valence-electron chi connectivity index (χ3n) is 2.98. The molecule has 20 heavy (non-hydrogen) atoms. The number of hydrogen-bond donors (Lipinski definition) is 3. The minimum absolute atomic E-state index is 0.0133. The average Bonchev–Trinajstić information content (AvgIpc) is 2.43. The lowest BCUT2D eigenvalue weighted by molar-refractivity contribution is 0.299. The molecule has 4 nitrogen and oxygen atoms in total. The Labute approximate surface area is 118 Å². The van der Waals surface area contributed by atoms with Crippen LogP contribution in [0.1, 0.15) is 16.7 Å². The number of ether oxygens (including phenoxy) is 1. The Morgan fingerprint density at radius 3 is 2.50 bits per heavy atom. The van der Waals surface area contributed by atoms with Crippen molar-refractivity contribution in [2.24, 2.45) is 5.73 Å². The zero-order valence-corrected chi connectivity index (χ0v) is 11.4. The first-order valence-corrected chi connectivity index (χ1v) is 6.43. The highest BCUT2D eigenvalue weighted by molar-refractivity contribution is 5.97. The van der Waals surface area contributed by atoms with Crippen molar-refractivity contribution in [1.29, 1.82) is 5.41 Å². The first-order chi connectivity index (χ1) is 9.60. The standard InChI is InChI=1S/C16H18N2O2/c1-11-2-7-15(14(10-11)16(17)18)20-13-5-3-12(4-6-13)8-9-19/h2-7,10,19H,8-9H2,1H3,(H3,17,18). The summed E-state index contributed by atoms with van der Waals surface area (Å²) >= 11 is 0. The van der Waals surface area contributed by atoms with Gasteiger partial charge in [-0.2, -0.15) is 0 Å². The van der Waals surface area contributed by atoms with Gasteiger partial charge < -0.3 is 15.6 Å². The molecule has 2 aromatic rings. The van der Waals surface area contributed by atoms with Gasteiger partial charge in [0, 0.05) is 6.61 Å². The van der Waals surface area contributed by atoms with Crippen LogP contribution in [0.25, 0.3) is 0 Å². The maximum Gasteiger partial charge on any atom is 0.138 e. The van der Waals surface area contributed by atoms with E-state index < -0.39 is 0 Å². The Balaban J connectivity index is 2.23. The zero-order chi connectivity index (χ0) is 14.5.